The van der Waals surface area contributed by atoms with Crippen LogP contribution in [0.15, 0.2) is 28.8 Å². The van der Waals surface area contributed by atoms with Gasteiger partial charge in [-0.15, -0.1) is 0 Å². The van der Waals surface area contributed by atoms with Crippen LogP contribution in [0.5, 0.6) is 5.75 Å². The van der Waals surface area contributed by atoms with Crippen molar-refractivity contribution in [2.75, 3.05) is 13.2 Å². The highest BCUT2D eigenvalue weighted by molar-refractivity contribution is 6.36. The lowest BCUT2D eigenvalue weighted by Crippen LogP contribution is -2.13. The van der Waals surface area contributed by atoms with E-state index in [1.807, 2.05) is 6.92 Å². The predicted octanol–water partition coefficient (Wildman–Crippen LogP) is 3.40. The van der Waals surface area contributed by atoms with Gasteiger partial charge >= 0.3 is 0 Å². The highest BCUT2D eigenvalue weighted by Gasteiger charge is 2.11. The van der Waals surface area contributed by atoms with Crippen molar-refractivity contribution in [3.05, 3.63) is 44.4 Å². The van der Waals surface area contributed by atoms with Crippen LogP contribution in [0.25, 0.3) is 0 Å². The summed E-state index contributed by atoms with van der Waals surface area (Å²) in [6.45, 7) is 3.31. The molecule has 0 aliphatic rings. The van der Waals surface area contributed by atoms with E-state index < -0.39 is 4.92 Å². The second kappa shape index (κ2) is 7.99. The van der Waals surface area contributed by atoms with Crippen LogP contribution >= 0.6 is 23.2 Å². The summed E-state index contributed by atoms with van der Waals surface area (Å²) in [6.07, 6.45) is 0. The van der Waals surface area contributed by atoms with Gasteiger partial charge in [-0.1, -0.05) is 30.1 Å². The molecular formula is C12H14Cl2N2O3. The van der Waals surface area contributed by atoms with Gasteiger partial charge < -0.3 is 10.1 Å². The topological polar surface area (TPSA) is 64.4 Å². The molecule has 0 heterocycles. The molecule has 1 aromatic carbocycles. The molecule has 0 saturated carbocycles. The normalized spacial score (nSPS) is 11.4. The van der Waals surface area contributed by atoms with Gasteiger partial charge in [0, 0.05) is 29.8 Å². The Morgan fingerprint density at radius 1 is 1.58 bits per heavy atom. The molecule has 5 nitrogen and oxygen atoms in total. The van der Waals surface area contributed by atoms with Crippen molar-refractivity contribution in [2.45, 2.75) is 13.5 Å². The molecule has 0 saturated heterocycles. The number of halogens is 2. The second-order valence-electron chi connectivity index (χ2n) is 3.67. The van der Waals surface area contributed by atoms with E-state index in [9.17, 15) is 10.1 Å². The lowest BCUT2D eigenvalue weighted by atomic mass is 10.1. The van der Waals surface area contributed by atoms with E-state index in [4.69, 9.17) is 27.9 Å². The Kier molecular flexibility index (Phi) is 6.62. The first-order valence-electron chi connectivity index (χ1n) is 5.64. The van der Waals surface area contributed by atoms with Crippen molar-refractivity contribution in [3.63, 3.8) is 0 Å². The summed E-state index contributed by atoms with van der Waals surface area (Å²) in [5, 5.41) is 14.2. The second-order valence-corrected chi connectivity index (χ2v) is 4.38. The van der Waals surface area contributed by atoms with Gasteiger partial charge in [0.2, 0.25) is 0 Å². The maximum absolute atomic E-state index is 10.7. The predicted molar refractivity (Wildman–Crippen MR) is 75.8 cm³/mol. The molecule has 1 aromatic rings. The Labute approximate surface area is 121 Å². The molecule has 0 aliphatic carbocycles. The van der Waals surface area contributed by atoms with Crippen LogP contribution < -0.4 is 10.1 Å². The summed E-state index contributed by atoms with van der Waals surface area (Å²) in [6, 6.07) is 4.43. The van der Waals surface area contributed by atoms with E-state index in [0.717, 1.165) is 6.54 Å². The third-order valence-electron chi connectivity index (χ3n) is 2.30. The van der Waals surface area contributed by atoms with Gasteiger partial charge in [-0.2, -0.15) is 0 Å². The van der Waals surface area contributed by atoms with Crippen LogP contribution in [-0.2, 0) is 6.54 Å². The summed E-state index contributed by atoms with van der Waals surface area (Å²) in [5.41, 5.74) is 1.95. The standard InChI is InChI=1S/C12H14Cl2N2O3/c1-2-15-7-9-5-11(16(17)18)3-4-12(9)19-8-10(14)6-13/h3-6,15H,2,7-8H2,1H3. The molecule has 0 unspecified atom stereocenters. The maximum atomic E-state index is 10.7. The van der Waals surface area contributed by atoms with Gasteiger partial charge in [-0.25, -0.2) is 0 Å². The minimum Gasteiger partial charge on any atom is -0.488 e. The van der Waals surface area contributed by atoms with Crippen LogP contribution in [0.4, 0.5) is 5.69 Å². The van der Waals surface area contributed by atoms with Crippen LogP contribution in [0, 0.1) is 10.1 Å². The lowest BCUT2D eigenvalue weighted by Gasteiger charge is -2.11. The minimum atomic E-state index is -0.440. The number of non-ortho nitro benzene ring substituents is 1. The molecular weight excluding hydrogens is 291 g/mol. The van der Waals surface area contributed by atoms with Gasteiger partial charge in [0.25, 0.3) is 5.69 Å². The zero-order valence-corrected chi connectivity index (χ0v) is 11.9. The van der Waals surface area contributed by atoms with Crippen molar-refractivity contribution in [3.8, 4) is 5.75 Å². The van der Waals surface area contributed by atoms with Gasteiger partial charge in [-0.05, 0) is 12.6 Å². The number of nitrogens with zero attached hydrogens (tertiary/aromatic N) is 1. The summed E-state index contributed by atoms with van der Waals surface area (Å²) < 4.78 is 5.47. The van der Waals surface area contributed by atoms with E-state index in [1.165, 1.54) is 17.7 Å². The Bertz CT molecular complexity index is 478. The summed E-state index contributed by atoms with van der Waals surface area (Å²) >= 11 is 11.2. The Morgan fingerprint density at radius 3 is 2.89 bits per heavy atom. The van der Waals surface area contributed by atoms with E-state index in [2.05, 4.69) is 5.32 Å². The number of benzene rings is 1. The molecule has 0 atom stereocenters. The number of nitro groups is 1. The molecule has 0 radical (unpaired) electrons. The fourth-order valence-corrected chi connectivity index (χ4v) is 1.51. The van der Waals surface area contributed by atoms with Crippen LogP contribution in [0.3, 0.4) is 0 Å². The lowest BCUT2D eigenvalue weighted by molar-refractivity contribution is -0.384. The highest BCUT2D eigenvalue weighted by atomic mass is 35.5. The minimum absolute atomic E-state index is 0.0271. The van der Waals surface area contributed by atoms with Crippen LogP contribution in [0.1, 0.15) is 12.5 Å². The third-order valence-corrected chi connectivity index (χ3v) is 2.90. The maximum Gasteiger partial charge on any atom is 0.270 e. The summed E-state index contributed by atoms with van der Waals surface area (Å²) in [5.74, 6) is 0.545. The number of nitrogens with one attached hydrogen (secondary N) is 1. The van der Waals surface area contributed by atoms with Crippen LogP contribution in [-0.4, -0.2) is 18.1 Å². The number of hydrogen-bond acceptors (Lipinski definition) is 4. The number of rotatable bonds is 7. The van der Waals surface area contributed by atoms with Gasteiger partial charge in [-0.3, -0.25) is 10.1 Å². The average molecular weight is 305 g/mol. The van der Waals surface area contributed by atoms with E-state index in [-0.39, 0.29) is 12.3 Å². The van der Waals surface area contributed by atoms with Crippen molar-refractivity contribution in [2.24, 2.45) is 0 Å². The van der Waals surface area contributed by atoms with Crippen LogP contribution in [0.2, 0.25) is 0 Å². The van der Waals surface area contributed by atoms with Crippen molar-refractivity contribution >= 4 is 28.9 Å². The van der Waals surface area contributed by atoms with Crippen molar-refractivity contribution in [1.29, 1.82) is 0 Å². The molecule has 1 N–H and O–H groups in total. The number of hydrogen-bond donors (Lipinski definition) is 1. The zero-order chi connectivity index (χ0) is 14.3. The largest absolute Gasteiger partial charge is 0.488 e. The Balaban J connectivity index is 2.91. The monoisotopic (exact) mass is 304 g/mol. The molecule has 19 heavy (non-hydrogen) atoms. The van der Waals surface area contributed by atoms with Gasteiger partial charge in [0.1, 0.15) is 12.4 Å². The SMILES string of the molecule is CCNCc1cc([N+](=O)[O-])ccc1OCC(Cl)=CCl. The molecule has 0 fully saturated rings. The third kappa shape index (κ3) is 5.06. The quantitative estimate of drug-likeness (QED) is 0.619. The molecule has 0 aliphatic heterocycles. The van der Waals surface area contributed by atoms with E-state index >= 15 is 0 Å². The molecule has 0 amide bonds. The van der Waals surface area contributed by atoms with E-state index in [0.29, 0.717) is 22.9 Å². The first-order chi connectivity index (χ1) is 9.08. The molecule has 0 bridgehead atoms. The number of ether oxygens (including phenoxy) is 1. The molecule has 0 spiro atoms. The Morgan fingerprint density at radius 2 is 2.32 bits per heavy atom. The zero-order valence-electron chi connectivity index (χ0n) is 10.4. The van der Waals surface area contributed by atoms with Gasteiger partial charge in [0.05, 0.1) is 9.96 Å². The van der Waals surface area contributed by atoms with Crippen molar-refractivity contribution in [1.82, 2.24) is 5.32 Å². The highest BCUT2D eigenvalue weighted by Crippen LogP contribution is 2.25. The molecule has 1 rings (SSSR count). The van der Waals surface area contributed by atoms with Crippen molar-refractivity contribution < 1.29 is 9.66 Å². The van der Waals surface area contributed by atoms with E-state index in [1.54, 1.807) is 6.07 Å². The first kappa shape index (κ1) is 15.8. The number of nitro benzene ring substituents is 1. The molecule has 7 heteroatoms. The smallest absolute Gasteiger partial charge is 0.270 e. The first-order valence-corrected chi connectivity index (χ1v) is 6.45. The van der Waals surface area contributed by atoms with Gasteiger partial charge in [0.15, 0.2) is 0 Å². The summed E-state index contributed by atoms with van der Waals surface area (Å²) in [4.78, 5) is 10.3. The average Bonchev–Trinajstić information content (AvgIpc) is 2.42. The fourth-order valence-electron chi connectivity index (χ4n) is 1.40. The molecule has 104 valence electrons. The Hall–Kier alpha value is -1.30. The summed E-state index contributed by atoms with van der Waals surface area (Å²) in [7, 11) is 0. The molecule has 0 aromatic heterocycles. The fraction of sp³-hybridized carbons (Fsp3) is 0.333.